The van der Waals surface area contributed by atoms with E-state index in [0.29, 0.717) is 13.0 Å². The van der Waals surface area contributed by atoms with E-state index in [0.717, 1.165) is 5.56 Å². The van der Waals surface area contributed by atoms with E-state index in [4.69, 9.17) is 14.6 Å². The Kier molecular flexibility index (Phi) is 4.26. The molecule has 1 saturated heterocycles. The van der Waals surface area contributed by atoms with Crippen LogP contribution in [0, 0.1) is 5.92 Å². The number of aliphatic imine (C=N–C) groups is 1. The summed E-state index contributed by atoms with van der Waals surface area (Å²) in [6.07, 6.45) is 1.90. The molecule has 112 valence electrons. The molecule has 1 aromatic rings. The van der Waals surface area contributed by atoms with Crippen molar-refractivity contribution < 1.29 is 24.2 Å². The highest BCUT2D eigenvalue weighted by Crippen LogP contribution is 2.22. The second-order valence-electron chi connectivity index (χ2n) is 5.19. The van der Waals surface area contributed by atoms with Crippen molar-refractivity contribution in [2.24, 2.45) is 10.9 Å². The molecule has 0 aromatic heterocycles. The third-order valence-corrected chi connectivity index (χ3v) is 2.92. The maximum atomic E-state index is 11.7. The Labute approximate surface area is 122 Å². The predicted molar refractivity (Wildman–Crippen MR) is 74.9 cm³/mol. The number of aromatic hydroxyl groups is 1. The highest BCUT2D eigenvalue weighted by atomic mass is 16.7. The van der Waals surface area contributed by atoms with Gasteiger partial charge in [0.25, 0.3) is 5.79 Å². The van der Waals surface area contributed by atoms with Crippen LogP contribution in [0.25, 0.3) is 0 Å². The van der Waals surface area contributed by atoms with Crippen molar-refractivity contribution in [2.45, 2.75) is 26.1 Å². The Balaban J connectivity index is 1.88. The van der Waals surface area contributed by atoms with Crippen LogP contribution in [0.2, 0.25) is 0 Å². The number of esters is 2. The quantitative estimate of drug-likeness (QED) is 0.515. The second-order valence-corrected chi connectivity index (χ2v) is 5.19. The van der Waals surface area contributed by atoms with E-state index >= 15 is 0 Å². The van der Waals surface area contributed by atoms with Crippen molar-refractivity contribution in [1.82, 2.24) is 0 Å². The minimum Gasteiger partial charge on any atom is -0.508 e. The van der Waals surface area contributed by atoms with Gasteiger partial charge >= 0.3 is 11.9 Å². The monoisotopic (exact) mass is 291 g/mol. The zero-order valence-electron chi connectivity index (χ0n) is 11.9. The summed E-state index contributed by atoms with van der Waals surface area (Å²) in [6.45, 7) is 3.42. The molecule has 0 saturated carbocycles. The number of phenols is 1. The first kappa shape index (κ1) is 15.0. The summed E-state index contributed by atoms with van der Waals surface area (Å²) in [7, 11) is 0. The molecule has 1 aliphatic heterocycles. The van der Waals surface area contributed by atoms with E-state index in [1.165, 1.54) is 20.1 Å². The van der Waals surface area contributed by atoms with E-state index in [-0.39, 0.29) is 5.75 Å². The van der Waals surface area contributed by atoms with Crippen molar-refractivity contribution >= 4 is 18.2 Å². The maximum absolute atomic E-state index is 11.7. The molecular weight excluding hydrogens is 274 g/mol. The molecule has 6 nitrogen and oxygen atoms in total. The Bertz CT molecular complexity index is 542. The number of benzene rings is 1. The van der Waals surface area contributed by atoms with Crippen LogP contribution >= 0.6 is 0 Å². The lowest BCUT2D eigenvalue weighted by atomic mass is 10.1. The number of carbonyl (C=O) groups is 2. The Morgan fingerprint density at radius 1 is 1.19 bits per heavy atom. The van der Waals surface area contributed by atoms with Gasteiger partial charge in [-0.3, -0.25) is 14.6 Å². The van der Waals surface area contributed by atoms with Crippen LogP contribution in [-0.2, 0) is 25.5 Å². The van der Waals surface area contributed by atoms with Gasteiger partial charge in [-0.25, -0.2) is 0 Å². The molecule has 0 spiro atoms. The zero-order valence-corrected chi connectivity index (χ0v) is 11.9. The molecule has 6 heteroatoms. The molecule has 0 aliphatic carbocycles. The standard InChI is InChI=1S/C15H17NO5/c1-15(2)20-13(18)12(14(19)21-15)9-16-8-7-10-3-5-11(17)6-4-10/h3-6,9,12,17H,7-8H2,1-2H3. The SMILES string of the molecule is CC1(C)OC(=O)C(C=NCCc2ccc(O)cc2)C(=O)O1. The highest BCUT2D eigenvalue weighted by Gasteiger charge is 2.42. The fraction of sp³-hybridized carbons (Fsp3) is 0.400. The van der Waals surface area contributed by atoms with Gasteiger partial charge in [0, 0.05) is 26.6 Å². The number of ether oxygens (including phenoxy) is 2. The molecule has 1 N–H and O–H groups in total. The first-order valence-electron chi connectivity index (χ1n) is 6.61. The maximum Gasteiger partial charge on any atom is 0.329 e. The van der Waals surface area contributed by atoms with Gasteiger partial charge in [0.15, 0.2) is 5.92 Å². The van der Waals surface area contributed by atoms with Crippen LogP contribution in [-0.4, -0.2) is 35.6 Å². The van der Waals surface area contributed by atoms with Gasteiger partial charge in [-0.05, 0) is 24.1 Å². The lowest BCUT2D eigenvalue weighted by Crippen LogP contribution is -2.46. The average molecular weight is 291 g/mol. The number of nitrogens with zero attached hydrogens (tertiary/aromatic N) is 1. The molecule has 1 aliphatic rings. The molecular formula is C15H17NO5. The Hall–Kier alpha value is -2.37. The first-order chi connectivity index (χ1) is 9.87. The summed E-state index contributed by atoms with van der Waals surface area (Å²) in [4.78, 5) is 27.4. The normalized spacial score (nSPS) is 18.6. The molecule has 1 aromatic carbocycles. The highest BCUT2D eigenvalue weighted by molar-refractivity contribution is 6.10. The summed E-state index contributed by atoms with van der Waals surface area (Å²) >= 11 is 0. The second kappa shape index (κ2) is 5.95. The molecule has 21 heavy (non-hydrogen) atoms. The van der Waals surface area contributed by atoms with E-state index in [2.05, 4.69) is 4.99 Å². The number of phenolic OH excluding ortho intramolecular Hbond substituents is 1. The van der Waals surface area contributed by atoms with Crippen LogP contribution in [0.3, 0.4) is 0 Å². The summed E-state index contributed by atoms with van der Waals surface area (Å²) in [6, 6.07) is 6.76. The van der Waals surface area contributed by atoms with Crippen LogP contribution < -0.4 is 0 Å². The number of hydrogen-bond donors (Lipinski definition) is 1. The Morgan fingerprint density at radius 2 is 1.76 bits per heavy atom. The van der Waals surface area contributed by atoms with Crippen LogP contribution in [0.4, 0.5) is 0 Å². The minimum atomic E-state index is -1.22. The molecule has 1 fully saturated rings. The van der Waals surface area contributed by atoms with Crippen molar-refractivity contribution in [3.05, 3.63) is 29.8 Å². The summed E-state index contributed by atoms with van der Waals surface area (Å²) in [5, 5.41) is 9.17. The van der Waals surface area contributed by atoms with Crippen LogP contribution in [0.1, 0.15) is 19.4 Å². The molecule has 1 heterocycles. The number of carbonyl (C=O) groups excluding carboxylic acids is 2. The van der Waals surface area contributed by atoms with E-state index in [1.807, 2.05) is 0 Å². The van der Waals surface area contributed by atoms with Crippen molar-refractivity contribution in [1.29, 1.82) is 0 Å². The third kappa shape index (κ3) is 4.05. The van der Waals surface area contributed by atoms with Gasteiger partial charge in [0.05, 0.1) is 0 Å². The van der Waals surface area contributed by atoms with E-state index in [9.17, 15) is 9.59 Å². The number of hydrogen-bond acceptors (Lipinski definition) is 6. The predicted octanol–water partition coefficient (Wildman–Crippen LogP) is 1.46. The first-order valence-corrected chi connectivity index (χ1v) is 6.61. The molecule has 0 bridgehead atoms. The topological polar surface area (TPSA) is 85.2 Å². The van der Waals surface area contributed by atoms with E-state index < -0.39 is 23.6 Å². The zero-order chi connectivity index (χ0) is 15.5. The van der Waals surface area contributed by atoms with Gasteiger partial charge in [0.1, 0.15) is 5.75 Å². The van der Waals surface area contributed by atoms with Crippen molar-refractivity contribution in [3.8, 4) is 5.75 Å². The molecule has 2 rings (SSSR count). The third-order valence-electron chi connectivity index (χ3n) is 2.92. The largest absolute Gasteiger partial charge is 0.508 e. The van der Waals surface area contributed by atoms with Gasteiger partial charge in [-0.2, -0.15) is 0 Å². The average Bonchev–Trinajstić information content (AvgIpc) is 2.38. The minimum absolute atomic E-state index is 0.206. The molecule has 0 atom stereocenters. The molecule has 0 amide bonds. The van der Waals surface area contributed by atoms with Gasteiger partial charge in [0.2, 0.25) is 0 Å². The number of rotatable bonds is 4. The lowest BCUT2D eigenvalue weighted by molar-refractivity contribution is -0.235. The van der Waals surface area contributed by atoms with Crippen LogP contribution in [0.5, 0.6) is 5.75 Å². The lowest BCUT2D eigenvalue weighted by Gasteiger charge is -2.31. The van der Waals surface area contributed by atoms with Crippen molar-refractivity contribution in [3.63, 3.8) is 0 Å². The summed E-state index contributed by atoms with van der Waals surface area (Å²) in [5.41, 5.74) is 1.000. The summed E-state index contributed by atoms with van der Waals surface area (Å²) in [5.74, 6) is -3.41. The fourth-order valence-electron chi connectivity index (χ4n) is 1.89. The number of cyclic esters (lactones) is 2. The fourth-order valence-corrected chi connectivity index (χ4v) is 1.89. The van der Waals surface area contributed by atoms with Gasteiger partial charge in [-0.1, -0.05) is 12.1 Å². The van der Waals surface area contributed by atoms with E-state index in [1.54, 1.807) is 24.3 Å². The molecule has 0 unspecified atom stereocenters. The molecule has 0 radical (unpaired) electrons. The smallest absolute Gasteiger partial charge is 0.329 e. The van der Waals surface area contributed by atoms with Gasteiger partial charge < -0.3 is 14.6 Å². The summed E-state index contributed by atoms with van der Waals surface area (Å²) < 4.78 is 9.97. The van der Waals surface area contributed by atoms with Crippen LogP contribution in [0.15, 0.2) is 29.3 Å². The van der Waals surface area contributed by atoms with Crippen molar-refractivity contribution in [2.75, 3.05) is 6.54 Å². The Morgan fingerprint density at radius 3 is 2.33 bits per heavy atom. The van der Waals surface area contributed by atoms with Gasteiger partial charge in [-0.15, -0.1) is 0 Å².